The second-order valence-corrected chi connectivity index (χ2v) is 5.78. The molecule has 0 fully saturated rings. The first-order valence-electron chi connectivity index (χ1n) is 6.50. The SMILES string of the molecule is Cc1nn(C)c(CC(Cc2ccc(F)c(F)c2)NN)c1Br. The van der Waals surface area contributed by atoms with Crippen LogP contribution in [0.25, 0.3) is 0 Å². The summed E-state index contributed by atoms with van der Waals surface area (Å²) in [5, 5.41) is 4.32. The molecule has 2 aromatic rings. The number of nitrogens with zero attached hydrogens (tertiary/aromatic N) is 2. The third kappa shape index (κ3) is 3.66. The third-order valence-electron chi connectivity index (χ3n) is 3.40. The van der Waals surface area contributed by atoms with Gasteiger partial charge in [0, 0.05) is 19.5 Å². The van der Waals surface area contributed by atoms with Gasteiger partial charge in [0.25, 0.3) is 0 Å². The number of nitrogens with one attached hydrogen (secondary N) is 1. The minimum absolute atomic E-state index is 0.110. The number of hydrogen-bond donors (Lipinski definition) is 2. The molecule has 0 spiro atoms. The molecular formula is C14H17BrF2N4. The lowest BCUT2D eigenvalue weighted by atomic mass is 10.0. The van der Waals surface area contributed by atoms with Crippen LogP contribution >= 0.6 is 15.9 Å². The molecule has 0 aliphatic heterocycles. The van der Waals surface area contributed by atoms with Crippen molar-refractivity contribution in [1.29, 1.82) is 0 Å². The number of hydrogen-bond acceptors (Lipinski definition) is 3. The summed E-state index contributed by atoms with van der Waals surface area (Å²) in [6.45, 7) is 1.91. The van der Waals surface area contributed by atoms with E-state index >= 15 is 0 Å². The van der Waals surface area contributed by atoms with E-state index in [1.807, 2.05) is 14.0 Å². The normalized spacial score (nSPS) is 12.7. The Labute approximate surface area is 130 Å². The Bertz CT molecular complexity index is 642. The van der Waals surface area contributed by atoms with Crippen molar-refractivity contribution < 1.29 is 8.78 Å². The molecule has 0 amide bonds. The van der Waals surface area contributed by atoms with Crippen molar-refractivity contribution in [3.63, 3.8) is 0 Å². The van der Waals surface area contributed by atoms with Crippen molar-refractivity contribution in [1.82, 2.24) is 15.2 Å². The van der Waals surface area contributed by atoms with Gasteiger partial charge in [-0.2, -0.15) is 5.10 Å². The van der Waals surface area contributed by atoms with Crippen molar-refractivity contribution in [2.24, 2.45) is 12.9 Å². The average Bonchev–Trinajstić information content (AvgIpc) is 2.68. The molecule has 1 aromatic carbocycles. The van der Waals surface area contributed by atoms with Crippen molar-refractivity contribution in [2.75, 3.05) is 0 Å². The number of benzene rings is 1. The molecule has 0 saturated carbocycles. The van der Waals surface area contributed by atoms with Gasteiger partial charge in [-0.1, -0.05) is 6.07 Å². The van der Waals surface area contributed by atoms with Gasteiger partial charge in [0.15, 0.2) is 11.6 Å². The standard InChI is InChI=1S/C14H17BrF2N4/c1-8-14(15)13(21(2)20-8)7-10(19-18)5-9-3-4-11(16)12(17)6-9/h3-4,6,10,19H,5,7,18H2,1-2H3. The highest BCUT2D eigenvalue weighted by atomic mass is 79.9. The van der Waals surface area contributed by atoms with Gasteiger partial charge in [0.05, 0.1) is 15.9 Å². The molecule has 21 heavy (non-hydrogen) atoms. The van der Waals surface area contributed by atoms with E-state index < -0.39 is 11.6 Å². The van der Waals surface area contributed by atoms with Gasteiger partial charge < -0.3 is 0 Å². The first-order chi connectivity index (χ1) is 9.92. The molecule has 4 nitrogen and oxygen atoms in total. The predicted octanol–water partition coefficient (Wildman–Crippen LogP) is 2.39. The predicted molar refractivity (Wildman–Crippen MR) is 80.5 cm³/mol. The maximum absolute atomic E-state index is 13.2. The first-order valence-corrected chi connectivity index (χ1v) is 7.29. The fourth-order valence-corrected chi connectivity index (χ4v) is 2.77. The Morgan fingerprint density at radius 2 is 2.05 bits per heavy atom. The van der Waals surface area contributed by atoms with E-state index in [0.717, 1.165) is 21.9 Å². The van der Waals surface area contributed by atoms with Crippen molar-refractivity contribution in [3.8, 4) is 0 Å². The topological polar surface area (TPSA) is 55.9 Å². The number of rotatable bonds is 5. The summed E-state index contributed by atoms with van der Waals surface area (Å²) in [5.74, 6) is 3.89. The summed E-state index contributed by atoms with van der Waals surface area (Å²) >= 11 is 3.50. The zero-order valence-corrected chi connectivity index (χ0v) is 13.4. The minimum atomic E-state index is -0.846. The molecule has 1 aromatic heterocycles. The fraction of sp³-hybridized carbons (Fsp3) is 0.357. The van der Waals surface area contributed by atoms with Gasteiger partial charge in [0.2, 0.25) is 0 Å². The van der Waals surface area contributed by atoms with E-state index in [2.05, 4.69) is 26.5 Å². The summed E-state index contributed by atoms with van der Waals surface area (Å²) < 4.78 is 28.9. The molecule has 7 heteroatoms. The van der Waals surface area contributed by atoms with Gasteiger partial charge in [-0.05, 0) is 47.0 Å². The van der Waals surface area contributed by atoms with E-state index in [-0.39, 0.29) is 6.04 Å². The van der Waals surface area contributed by atoms with E-state index in [1.54, 1.807) is 10.7 Å². The van der Waals surface area contributed by atoms with Crippen LogP contribution in [0, 0.1) is 18.6 Å². The van der Waals surface area contributed by atoms with E-state index in [4.69, 9.17) is 5.84 Å². The van der Waals surface area contributed by atoms with Gasteiger partial charge in [-0.25, -0.2) is 8.78 Å². The number of nitrogens with two attached hydrogens (primary N) is 1. The molecule has 114 valence electrons. The summed E-state index contributed by atoms with van der Waals surface area (Å²) in [6, 6.07) is 3.78. The molecule has 1 atom stereocenters. The van der Waals surface area contributed by atoms with Crippen LogP contribution in [0.2, 0.25) is 0 Å². The van der Waals surface area contributed by atoms with Gasteiger partial charge >= 0.3 is 0 Å². The van der Waals surface area contributed by atoms with Gasteiger partial charge in [-0.15, -0.1) is 0 Å². The molecule has 1 heterocycles. The number of aryl methyl sites for hydroxylation is 2. The molecule has 0 aliphatic rings. The average molecular weight is 359 g/mol. The van der Waals surface area contributed by atoms with Crippen LogP contribution in [0.1, 0.15) is 17.0 Å². The quantitative estimate of drug-likeness (QED) is 0.637. The fourth-order valence-electron chi connectivity index (χ4n) is 2.28. The molecule has 0 radical (unpaired) electrons. The summed E-state index contributed by atoms with van der Waals surface area (Å²) in [7, 11) is 1.86. The van der Waals surface area contributed by atoms with Gasteiger partial charge in [0.1, 0.15) is 0 Å². The second kappa shape index (κ2) is 6.64. The monoisotopic (exact) mass is 358 g/mol. The smallest absolute Gasteiger partial charge is 0.159 e. The molecule has 0 saturated heterocycles. The number of halogens is 3. The Kier molecular flexibility index (Phi) is 5.08. The molecule has 0 bridgehead atoms. The van der Waals surface area contributed by atoms with Crippen LogP contribution in [-0.4, -0.2) is 15.8 Å². The highest BCUT2D eigenvalue weighted by molar-refractivity contribution is 9.10. The molecule has 3 N–H and O–H groups in total. The lowest BCUT2D eigenvalue weighted by Crippen LogP contribution is -2.39. The lowest BCUT2D eigenvalue weighted by molar-refractivity contribution is 0.491. The summed E-state index contributed by atoms with van der Waals surface area (Å²) in [5.41, 5.74) is 5.30. The molecular weight excluding hydrogens is 342 g/mol. The van der Waals surface area contributed by atoms with Crippen molar-refractivity contribution in [2.45, 2.75) is 25.8 Å². The third-order valence-corrected chi connectivity index (χ3v) is 4.43. The summed E-state index contributed by atoms with van der Waals surface area (Å²) in [4.78, 5) is 0. The van der Waals surface area contributed by atoms with Crippen molar-refractivity contribution >= 4 is 15.9 Å². The van der Waals surface area contributed by atoms with Crippen LogP contribution in [0.15, 0.2) is 22.7 Å². The van der Waals surface area contributed by atoms with Crippen LogP contribution in [0.3, 0.4) is 0 Å². The Morgan fingerprint density at radius 3 is 2.57 bits per heavy atom. The largest absolute Gasteiger partial charge is 0.271 e. The Morgan fingerprint density at radius 1 is 1.33 bits per heavy atom. The zero-order chi connectivity index (χ0) is 15.6. The van der Waals surface area contributed by atoms with Crippen LogP contribution in [-0.2, 0) is 19.9 Å². The maximum atomic E-state index is 13.2. The lowest BCUT2D eigenvalue weighted by Gasteiger charge is -2.16. The zero-order valence-electron chi connectivity index (χ0n) is 11.8. The highest BCUT2D eigenvalue weighted by Gasteiger charge is 2.17. The first kappa shape index (κ1) is 16.1. The number of aromatic nitrogens is 2. The number of hydrazine groups is 1. The minimum Gasteiger partial charge on any atom is -0.271 e. The molecule has 1 unspecified atom stereocenters. The van der Waals surface area contributed by atoms with E-state index in [0.29, 0.717) is 18.4 Å². The van der Waals surface area contributed by atoms with E-state index in [9.17, 15) is 8.78 Å². The van der Waals surface area contributed by atoms with Crippen molar-refractivity contribution in [3.05, 3.63) is 51.3 Å². The maximum Gasteiger partial charge on any atom is 0.159 e. The molecule has 0 aliphatic carbocycles. The van der Waals surface area contributed by atoms with Crippen LogP contribution in [0.5, 0.6) is 0 Å². The van der Waals surface area contributed by atoms with E-state index in [1.165, 1.54) is 6.07 Å². The Balaban J connectivity index is 2.14. The summed E-state index contributed by atoms with van der Waals surface area (Å²) in [6.07, 6.45) is 1.11. The Hall–Kier alpha value is -1.31. The molecule has 2 rings (SSSR count). The van der Waals surface area contributed by atoms with Gasteiger partial charge in [-0.3, -0.25) is 16.0 Å². The second-order valence-electron chi connectivity index (χ2n) is 4.99. The highest BCUT2D eigenvalue weighted by Crippen LogP contribution is 2.22. The van der Waals surface area contributed by atoms with Crippen LogP contribution < -0.4 is 11.3 Å². The van der Waals surface area contributed by atoms with Crippen LogP contribution in [0.4, 0.5) is 8.78 Å².